The zero-order valence-corrected chi connectivity index (χ0v) is 12.2. The first kappa shape index (κ1) is 14.2. The highest BCUT2D eigenvalue weighted by Crippen LogP contribution is 2.21. The Hall–Kier alpha value is -2.19. The normalized spacial score (nSPS) is 9.90. The maximum atomic E-state index is 13.2. The van der Waals surface area contributed by atoms with Gasteiger partial charge >= 0.3 is 0 Å². The van der Waals surface area contributed by atoms with Gasteiger partial charge in [0.05, 0.1) is 11.3 Å². The summed E-state index contributed by atoms with van der Waals surface area (Å²) in [7, 11) is 0. The molecule has 0 aliphatic carbocycles. The van der Waals surface area contributed by atoms with E-state index in [0.717, 1.165) is 4.47 Å². The molecule has 1 N–H and O–H groups in total. The minimum absolute atomic E-state index is 0.341. The summed E-state index contributed by atoms with van der Waals surface area (Å²) in [5.74, 6) is -0.746. The molecule has 2 aromatic rings. The number of hydrogen-bond donors (Lipinski definition) is 1. The number of aryl methyl sites for hydroxylation is 1. The largest absolute Gasteiger partial charge is 0.321 e. The second-order valence-electron chi connectivity index (χ2n) is 4.22. The number of amides is 1. The standard InChI is InChI=1S/C15H10BrFN2O/c1-9-6-10(3-5-13(9)17)15(20)19-14-7-12(16)4-2-11(14)8-18/h2-7H,1H3,(H,19,20). The van der Waals surface area contributed by atoms with Gasteiger partial charge in [-0.25, -0.2) is 4.39 Å². The fraction of sp³-hybridized carbons (Fsp3) is 0.0667. The highest BCUT2D eigenvalue weighted by Gasteiger charge is 2.11. The third-order valence-corrected chi connectivity index (χ3v) is 3.26. The first-order valence-electron chi connectivity index (χ1n) is 5.78. The molecular formula is C15H10BrFN2O. The summed E-state index contributed by atoms with van der Waals surface area (Å²) in [4.78, 5) is 12.1. The molecule has 5 heteroatoms. The summed E-state index contributed by atoms with van der Waals surface area (Å²) in [6.07, 6.45) is 0. The van der Waals surface area contributed by atoms with Gasteiger partial charge in [0.25, 0.3) is 5.91 Å². The predicted molar refractivity (Wildman–Crippen MR) is 77.9 cm³/mol. The summed E-state index contributed by atoms with van der Waals surface area (Å²) < 4.78 is 13.9. The minimum atomic E-state index is -0.386. The molecule has 0 aliphatic heterocycles. The Morgan fingerprint density at radius 3 is 2.70 bits per heavy atom. The van der Waals surface area contributed by atoms with Gasteiger partial charge in [0.1, 0.15) is 11.9 Å². The average Bonchev–Trinajstić information content (AvgIpc) is 2.42. The molecule has 0 saturated carbocycles. The van der Waals surface area contributed by atoms with E-state index in [-0.39, 0.29) is 11.7 Å². The van der Waals surface area contributed by atoms with Crippen molar-refractivity contribution in [2.24, 2.45) is 0 Å². The molecule has 2 aromatic carbocycles. The van der Waals surface area contributed by atoms with E-state index in [2.05, 4.69) is 21.2 Å². The zero-order chi connectivity index (χ0) is 14.7. The Morgan fingerprint density at radius 1 is 1.30 bits per heavy atom. The predicted octanol–water partition coefficient (Wildman–Crippen LogP) is 4.02. The van der Waals surface area contributed by atoms with Gasteiger partial charge in [-0.15, -0.1) is 0 Å². The number of nitrogens with zero attached hydrogens (tertiary/aromatic N) is 1. The summed E-state index contributed by atoms with van der Waals surface area (Å²) >= 11 is 3.28. The summed E-state index contributed by atoms with van der Waals surface area (Å²) in [6.45, 7) is 1.59. The number of hydrogen-bond acceptors (Lipinski definition) is 2. The number of benzene rings is 2. The van der Waals surface area contributed by atoms with E-state index in [4.69, 9.17) is 5.26 Å². The van der Waals surface area contributed by atoms with Crippen molar-refractivity contribution in [2.45, 2.75) is 6.92 Å². The van der Waals surface area contributed by atoms with Crippen molar-refractivity contribution in [1.29, 1.82) is 5.26 Å². The van der Waals surface area contributed by atoms with Crippen LogP contribution < -0.4 is 5.32 Å². The topological polar surface area (TPSA) is 52.9 Å². The van der Waals surface area contributed by atoms with Crippen LogP contribution in [-0.2, 0) is 0 Å². The van der Waals surface area contributed by atoms with Crippen molar-refractivity contribution in [1.82, 2.24) is 0 Å². The van der Waals surface area contributed by atoms with Crippen LogP contribution in [0, 0.1) is 24.1 Å². The number of carbonyl (C=O) groups excluding carboxylic acids is 1. The van der Waals surface area contributed by atoms with Crippen molar-refractivity contribution in [3.63, 3.8) is 0 Å². The molecule has 0 spiro atoms. The Labute approximate surface area is 124 Å². The van der Waals surface area contributed by atoms with E-state index in [1.807, 2.05) is 6.07 Å². The molecule has 0 saturated heterocycles. The quantitative estimate of drug-likeness (QED) is 0.902. The maximum Gasteiger partial charge on any atom is 0.255 e. The van der Waals surface area contributed by atoms with Crippen LogP contribution in [0.2, 0.25) is 0 Å². The fourth-order valence-electron chi connectivity index (χ4n) is 1.70. The molecule has 0 bridgehead atoms. The van der Waals surface area contributed by atoms with Crippen LogP contribution >= 0.6 is 15.9 Å². The molecule has 20 heavy (non-hydrogen) atoms. The van der Waals surface area contributed by atoms with Gasteiger partial charge in [0, 0.05) is 10.0 Å². The Morgan fingerprint density at radius 2 is 2.05 bits per heavy atom. The van der Waals surface area contributed by atoms with Gasteiger partial charge in [0.2, 0.25) is 0 Å². The molecule has 0 atom stereocenters. The number of nitrogens with one attached hydrogen (secondary N) is 1. The molecule has 0 heterocycles. The smallest absolute Gasteiger partial charge is 0.255 e. The molecule has 0 radical (unpaired) electrons. The second-order valence-corrected chi connectivity index (χ2v) is 5.14. The van der Waals surface area contributed by atoms with Crippen molar-refractivity contribution >= 4 is 27.5 Å². The number of nitriles is 1. The van der Waals surface area contributed by atoms with Gasteiger partial charge < -0.3 is 5.32 Å². The molecule has 0 aliphatic rings. The lowest BCUT2D eigenvalue weighted by atomic mass is 10.1. The number of carbonyl (C=O) groups is 1. The van der Waals surface area contributed by atoms with Crippen molar-refractivity contribution < 1.29 is 9.18 Å². The summed E-state index contributed by atoms with van der Waals surface area (Å²) in [6, 6.07) is 11.1. The number of anilines is 1. The maximum absolute atomic E-state index is 13.2. The van der Waals surface area contributed by atoms with Crippen LogP contribution in [0.25, 0.3) is 0 Å². The SMILES string of the molecule is Cc1cc(C(=O)Nc2cc(Br)ccc2C#N)ccc1F. The van der Waals surface area contributed by atoms with Gasteiger partial charge in [-0.05, 0) is 48.9 Å². The van der Waals surface area contributed by atoms with Crippen molar-refractivity contribution in [3.05, 3.63) is 63.4 Å². The van der Waals surface area contributed by atoms with Crippen LogP contribution in [0.3, 0.4) is 0 Å². The highest BCUT2D eigenvalue weighted by atomic mass is 79.9. The van der Waals surface area contributed by atoms with E-state index < -0.39 is 0 Å². The monoisotopic (exact) mass is 332 g/mol. The van der Waals surface area contributed by atoms with Crippen LogP contribution in [0.15, 0.2) is 40.9 Å². The fourth-order valence-corrected chi connectivity index (χ4v) is 2.06. The molecule has 0 aromatic heterocycles. The average molecular weight is 333 g/mol. The van der Waals surface area contributed by atoms with Gasteiger partial charge in [-0.3, -0.25) is 4.79 Å². The van der Waals surface area contributed by atoms with E-state index in [0.29, 0.717) is 22.4 Å². The van der Waals surface area contributed by atoms with Crippen molar-refractivity contribution in [3.8, 4) is 6.07 Å². The lowest BCUT2D eigenvalue weighted by Gasteiger charge is -2.08. The molecule has 0 unspecified atom stereocenters. The molecule has 100 valence electrons. The molecule has 1 amide bonds. The first-order chi connectivity index (χ1) is 9.51. The molecule has 2 rings (SSSR count). The van der Waals surface area contributed by atoms with E-state index >= 15 is 0 Å². The van der Waals surface area contributed by atoms with Gasteiger partial charge in [-0.1, -0.05) is 15.9 Å². The third kappa shape index (κ3) is 3.03. The van der Waals surface area contributed by atoms with Crippen LogP contribution in [-0.4, -0.2) is 5.91 Å². The number of halogens is 2. The van der Waals surface area contributed by atoms with Crippen LogP contribution in [0.5, 0.6) is 0 Å². The second kappa shape index (κ2) is 5.85. The van der Waals surface area contributed by atoms with Crippen LogP contribution in [0.4, 0.5) is 10.1 Å². The third-order valence-electron chi connectivity index (χ3n) is 2.77. The Kier molecular flexibility index (Phi) is 4.16. The highest BCUT2D eigenvalue weighted by molar-refractivity contribution is 9.10. The molecular weight excluding hydrogens is 323 g/mol. The van der Waals surface area contributed by atoms with Crippen molar-refractivity contribution in [2.75, 3.05) is 5.32 Å². The lowest BCUT2D eigenvalue weighted by Crippen LogP contribution is -2.13. The minimum Gasteiger partial charge on any atom is -0.321 e. The van der Waals surface area contributed by atoms with E-state index in [1.165, 1.54) is 18.2 Å². The Bertz CT molecular complexity index is 722. The zero-order valence-electron chi connectivity index (χ0n) is 10.6. The van der Waals surface area contributed by atoms with Gasteiger partial charge in [-0.2, -0.15) is 5.26 Å². The molecule has 3 nitrogen and oxygen atoms in total. The summed E-state index contributed by atoms with van der Waals surface area (Å²) in [5.41, 5.74) is 1.51. The van der Waals surface area contributed by atoms with E-state index in [1.54, 1.807) is 25.1 Å². The number of rotatable bonds is 2. The first-order valence-corrected chi connectivity index (χ1v) is 6.57. The van der Waals surface area contributed by atoms with Gasteiger partial charge in [0.15, 0.2) is 0 Å². The van der Waals surface area contributed by atoms with Crippen LogP contribution in [0.1, 0.15) is 21.5 Å². The van der Waals surface area contributed by atoms with E-state index in [9.17, 15) is 9.18 Å². The molecule has 0 fully saturated rings. The lowest BCUT2D eigenvalue weighted by molar-refractivity contribution is 0.102. The Balaban J connectivity index is 2.30. The summed E-state index contributed by atoms with van der Waals surface area (Å²) in [5, 5.41) is 11.7.